The molecule has 0 radical (unpaired) electrons. The average molecular weight is 162 g/mol. The molecule has 0 N–H and O–H groups in total. The first-order chi connectivity index (χ1) is 5.83. The number of terminal acetylenes is 1. The second-order valence-electron chi connectivity index (χ2n) is 2.32. The van der Waals surface area contributed by atoms with Gasteiger partial charge in [0.25, 0.3) is 0 Å². The lowest BCUT2D eigenvalue weighted by Gasteiger charge is -1.88. The van der Waals surface area contributed by atoms with Gasteiger partial charge in [0.15, 0.2) is 6.61 Å². The maximum absolute atomic E-state index is 4.96. The standard InChI is InChI=1S/C9H10N2O/c1-3-6-12-10-7-9-4-5-11(2)8-9/h1,4-5,7-8H,6H2,2H3/b10-7+. The second-order valence-corrected chi connectivity index (χ2v) is 2.32. The van der Waals surface area contributed by atoms with Crippen molar-refractivity contribution in [1.29, 1.82) is 0 Å². The lowest BCUT2D eigenvalue weighted by atomic mass is 10.4. The smallest absolute Gasteiger partial charge is 0.177 e. The fraction of sp³-hybridized carbons (Fsp3) is 0.222. The summed E-state index contributed by atoms with van der Waals surface area (Å²) < 4.78 is 1.93. The molecule has 1 aromatic heterocycles. The number of oxime groups is 1. The van der Waals surface area contributed by atoms with Crippen molar-refractivity contribution in [3.63, 3.8) is 0 Å². The molecule has 62 valence electrons. The van der Waals surface area contributed by atoms with Crippen molar-refractivity contribution in [2.45, 2.75) is 0 Å². The number of rotatable bonds is 3. The van der Waals surface area contributed by atoms with E-state index in [4.69, 9.17) is 11.3 Å². The van der Waals surface area contributed by atoms with Crippen molar-refractivity contribution < 1.29 is 4.84 Å². The van der Waals surface area contributed by atoms with Crippen molar-refractivity contribution >= 4 is 6.21 Å². The summed E-state index contributed by atoms with van der Waals surface area (Å²) in [6.45, 7) is 0.212. The zero-order valence-corrected chi connectivity index (χ0v) is 6.90. The fourth-order valence-electron chi connectivity index (χ4n) is 0.774. The molecule has 0 bridgehead atoms. The van der Waals surface area contributed by atoms with Crippen LogP contribution in [0.3, 0.4) is 0 Å². The summed E-state index contributed by atoms with van der Waals surface area (Å²) in [7, 11) is 1.94. The van der Waals surface area contributed by atoms with Crippen LogP contribution < -0.4 is 0 Å². The Morgan fingerprint density at radius 1 is 1.83 bits per heavy atom. The Labute approximate surface area is 71.6 Å². The maximum Gasteiger partial charge on any atom is 0.177 e. The quantitative estimate of drug-likeness (QED) is 0.282. The number of nitrogens with zero attached hydrogens (tertiary/aromatic N) is 2. The lowest BCUT2D eigenvalue weighted by Crippen LogP contribution is -1.84. The Balaban J connectivity index is 2.42. The third-order valence-electron chi connectivity index (χ3n) is 1.28. The highest BCUT2D eigenvalue weighted by atomic mass is 16.6. The highest BCUT2D eigenvalue weighted by Gasteiger charge is 1.87. The summed E-state index contributed by atoms with van der Waals surface area (Å²) in [5.41, 5.74) is 0.995. The molecule has 0 unspecified atom stereocenters. The van der Waals surface area contributed by atoms with Crippen molar-refractivity contribution in [2.75, 3.05) is 6.61 Å². The molecule has 0 saturated carbocycles. The van der Waals surface area contributed by atoms with Crippen LogP contribution in [0.15, 0.2) is 23.6 Å². The molecule has 0 fully saturated rings. The van der Waals surface area contributed by atoms with E-state index in [1.807, 2.05) is 30.1 Å². The number of hydrogen-bond donors (Lipinski definition) is 0. The van der Waals surface area contributed by atoms with Gasteiger partial charge in [-0.2, -0.15) is 0 Å². The topological polar surface area (TPSA) is 26.5 Å². The van der Waals surface area contributed by atoms with Gasteiger partial charge < -0.3 is 9.40 Å². The number of aromatic nitrogens is 1. The summed E-state index contributed by atoms with van der Waals surface area (Å²) >= 11 is 0. The van der Waals surface area contributed by atoms with Gasteiger partial charge in [0.1, 0.15) is 0 Å². The Kier molecular flexibility index (Phi) is 2.97. The molecular formula is C9H10N2O. The Morgan fingerprint density at radius 3 is 3.25 bits per heavy atom. The zero-order chi connectivity index (χ0) is 8.81. The van der Waals surface area contributed by atoms with Gasteiger partial charge in [0, 0.05) is 25.0 Å². The Morgan fingerprint density at radius 2 is 2.67 bits per heavy atom. The van der Waals surface area contributed by atoms with E-state index in [1.54, 1.807) is 6.21 Å². The molecule has 0 saturated heterocycles. The van der Waals surface area contributed by atoms with Crippen LogP contribution in [0.1, 0.15) is 5.56 Å². The normalized spacial score (nSPS) is 10.0. The van der Waals surface area contributed by atoms with E-state index in [0.717, 1.165) is 5.56 Å². The van der Waals surface area contributed by atoms with Gasteiger partial charge in [-0.05, 0) is 6.07 Å². The van der Waals surface area contributed by atoms with Crippen molar-refractivity contribution in [2.24, 2.45) is 12.2 Å². The van der Waals surface area contributed by atoms with Crippen LogP contribution in [0.25, 0.3) is 0 Å². The molecule has 0 spiro atoms. The fourth-order valence-corrected chi connectivity index (χ4v) is 0.774. The number of hydrogen-bond acceptors (Lipinski definition) is 2. The summed E-state index contributed by atoms with van der Waals surface area (Å²) in [6.07, 6.45) is 10.4. The minimum Gasteiger partial charge on any atom is -0.383 e. The highest BCUT2D eigenvalue weighted by Crippen LogP contribution is 1.94. The molecule has 1 heterocycles. The monoisotopic (exact) mass is 162 g/mol. The SMILES string of the molecule is C#CCO/N=C/c1ccn(C)c1. The third-order valence-corrected chi connectivity index (χ3v) is 1.28. The van der Waals surface area contributed by atoms with Gasteiger partial charge >= 0.3 is 0 Å². The third kappa shape index (κ3) is 2.51. The number of aryl methyl sites for hydroxylation is 1. The molecule has 1 aromatic rings. The minimum atomic E-state index is 0.212. The van der Waals surface area contributed by atoms with Crippen LogP contribution in [0.5, 0.6) is 0 Å². The van der Waals surface area contributed by atoms with Crippen LogP contribution in [0.4, 0.5) is 0 Å². The molecule has 0 atom stereocenters. The van der Waals surface area contributed by atoms with Crippen LogP contribution in [0, 0.1) is 12.3 Å². The first kappa shape index (κ1) is 8.41. The zero-order valence-electron chi connectivity index (χ0n) is 6.90. The first-order valence-electron chi connectivity index (χ1n) is 3.53. The predicted octanol–water partition coefficient (Wildman–Crippen LogP) is 1.01. The van der Waals surface area contributed by atoms with Gasteiger partial charge in [0.2, 0.25) is 0 Å². The highest BCUT2D eigenvalue weighted by molar-refractivity contribution is 5.78. The van der Waals surface area contributed by atoms with E-state index in [0.29, 0.717) is 0 Å². The maximum atomic E-state index is 4.96. The van der Waals surface area contributed by atoms with E-state index in [-0.39, 0.29) is 6.61 Å². The van der Waals surface area contributed by atoms with Crippen LogP contribution >= 0.6 is 0 Å². The van der Waals surface area contributed by atoms with E-state index in [2.05, 4.69) is 11.1 Å². The first-order valence-corrected chi connectivity index (χ1v) is 3.53. The summed E-state index contributed by atoms with van der Waals surface area (Å²) in [4.78, 5) is 4.72. The summed E-state index contributed by atoms with van der Waals surface area (Å²) in [5, 5.41) is 3.66. The van der Waals surface area contributed by atoms with Gasteiger partial charge in [-0.15, -0.1) is 6.42 Å². The van der Waals surface area contributed by atoms with Crippen molar-refractivity contribution in [1.82, 2.24) is 4.57 Å². The molecule has 0 aliphatic carbocycles. The van der Waals surface area contributed by atoms with E-state index in [1.165, 1.54) is 0 Å². The molecule has 0 aliphatic rings. The molecule has 0 amide bonds. The Hall–Kier alpha value is -1.69. The minimum absolute atomic E-state index is 0.212. The van der Waals surface area contributed by atoms with Crippen molar-refractivity contribution in [3.05, 3.63) is 24.0 Å². The van der Waals surface area contributed by atoms with Gasteiger partial charge in [-0.25, -0.2) is 0 Å². The van der Waals surface area contributed by atoms with Gasteiger partial charge in [-0.3, -0.25) is 0 Å². The second kappa shape index (κ2) is 4.24. The van der Waals surface area contributed by atoms with Crippen molar-refractivity contribution in [3.8, 4) is 12.3 Å². The van der Waals surface area contributed by atoms with Gasteiger partial charge in [-0.1, -0.05) is 11.1 Å². The van der Waals surface area contributed by atoms with Crippen LogP contribution in [-0.4, -0.2) is 17.4 Å². The molecule has 12 heavy (non-hydrogen) atoms. The molecule has 0 aromatic carbocycles. The molecule has 0 aliphatic heterocycles. The van der Waals surface area contributed by atoms with E-state index in [9.17, 15) is 0 Å². The van der Waals surface area contributed by atoms with E-state index >= 15 is 0 Å². The summed E-state index contributed by atoms with van der Waals surface area (Å²) in [6, 6.07) is 1.93. The van der Waals surface area contributed by atoms with Crippen LogP contribution in [-0.2, 0) is 11.9 Å². The predicted molar refractivity (Wildman–Crippen MR) is 47.8 cm³/mol. The lowest BCUT2D eigenvalue weighted by molar-refractivity contribution is 0.181. The Bertz CT molecular complexity index is 307. The molecular weight excluding hydrogens is 152 g/mol. The largest absolute Gasteiger partial charge is 0.383 e. The average Bonchev–Trinajstić information content (AvgIpc) is 2.45. The molecule has 1 rings (SSSR count). The van der Waals surface area contributed by atoms with E-state index < -0.39 is 0 Å². The molecule has 3 nitrogen and oxygen atoms in total. The van der Waals surface area contributed by atoms with Crippen LogP contribution in [0.2, 0.25) is 0 Å². The summed E-state index contributed by atoms with van der Waals surface area (Å²) in [5.74, 6) is 2.32. The molecule has 3 heteroatoms. The van der Waals surface area contributed by atoms with Gasteiger partial charge in [0.05, 0.1) is 6.21 Å².